The summed E-state index contributed by atoms with van der Waals surface area (Å²) in [6, 6.07) is 10.3. The Morgan fingerprint density at radius 2 is 1.63 bits per heavy atom. The number of rotatable bonds is 5. The fraction of sp³-hybridized carbons (Fsp3) is 0.647. The highest BCUT2D eigenvalue weighted by Gasteiger charge is 2.35. The predicted molar refractivity (Wildman–Crippen MR) is 78.0 cm³/mol. The van der Waals surface area contributed by atoms with Gasteiger partial charge in [-0.05, 0) is 37.7 Å². The van der Waals surface area contributed by atoms with Gasteiger partial charge in [0.15, 0.2) is 0 Å². The Labute approximate surface area is 116 Å². The molecule has 1 saturated carbocycles. The lowest BCUT2D eigenvalue weighted by Crippen LogP contribution is -2.41. The molecule has 0 aliphatic heterocycles. The lowest BCUT2D eigenvalue weighted by molar-refractivity contribution is -0.0878. The maximum Gasteiger partial charge on any atom is 0.0905 e. The number of aliphatic hydroxyl groups is 2. The summed E-state index contributed by atoms with van der Waals surface area (Å²) < 4.78 is 0. The first-order valence-electron chi connectivity index (χ1n) is 7.65. The SMILES string of the molecule is OC(CCCc1ccccc1)C1(O)CCCCCC1. The molecule has 2 nitrogen and oxygen atoms in total. The molecular weight excluding hydrogens is 236 g/mol. The van der Waals surface area contributed by atoms with Crippen LogP contribution in [0.25, 0.3) is 0 Å². The molecule has 0 amide bonds. The van der Waals surface area contributed by atoms with Crippen LogP contribution in [0.3, 0.4) is 0 Å². The molecule has 0 bridgehead atoms. The topological polar surface area (TPSA) is 40.5 Å². The van der Waals surface area contributed by atoms with E-state index in [1.807, 2.05) is 18.2 Å². The van der Waals surface area contributed by atoms with Gasteiger partial charge < -0.3 is 10.2 Å². The van der Waals surface area contributed by atoms with Crippen molar-refractivity contribution in [3.05, 3.63) is 35.9 Å². The minimum atomic E-state index is -0.826. The summed E-state index contributed by atoms with van der Waals surface area (Å²) in [6.45, 7) is 0. The maximum absolute atomic E-state index is 10.6. The van der Waals surface area contributed by atoms with Crippen LogP contribution in [-0.4, -0.2) is 21.9 Å². The third-order valence-corrected chi connectivity index (χ3v) is 4.38. The van der Waals surface area contributed by atoms with E-state index in [2.05, 4.69) is 12.1 Å². The molecule has 2 rings (SSSR count). The van der Waals surface area contributed by atoms with Crippen molar-refractivity contribution in [2.24, 2.45) is 0 Å². The Morgan fingerprint density at radius 3 is 2.26 bits per heavy atom. The second kappa shape index (κ2) is 7.06. The molecule has 1 unspecified atom stereocenters. The Kier molecular flexibility index (Phi) is 5.41. The highest BCUT2D eigenvalue weighted by Crippen LogP contribution is 2.31. The highest BCUT2D eigenvalue weighted by atomic mass is 16.3. The number of aryl methyl sites for hydroxylation is 1. The van der Waals surface area contributed by atoms with E-state index in [1.165, 1.54) is 18.4 Å². The van der Waals surface area contributed by atoms with Gasteiger partial charge in [0.2, 0.25) is 0 Å². The minimum absolute atomic E-state index is 0.561. The average molecular weight is 262 g/mol. The summed E-state index contributed by atoms with van der Waals surface area (Å²) in [5.41, 5.74) is 0.482. The summed E-state index contributed by atoms with van der Waals surface area (Å²) >= 11 is 0. The van der Waals surface area contributed by atoms with Gasteiger partial charge >= 0.3 is 0 Å². The molecule has 106 valence electrons. The van der Waals surface area contributed by atoms with E-state index in [0.29, 0.717) is 6.42 Å². The second-order valence-electron chi connectivity index (χ2n) is 5.91. The summed E-state index contributed by atoms with van der Waals surface area (Å²) in [6.07, 6.45) is 8.07. The molecule has 1 aromatic rings. The van der Waals surface area contributed by atoms with E-state index in [1.54, 1.807) is 0 Å². The predicted octanol–water partition coefficient (Wildman–Crippen LogP) is 3.46. The first-order chi connectivity index (χ1) is 9.21. The van der Waals surface area contributed by atoms with Crippen LogP contribution in [0.5, 0.6) is 0 Å². The fourth-order valence-corrected chi connectivity index (χ4v) is 3.09. The van der Waals surface area contributed by atoms with Crippen LogP contribution in [-0.2, 0) is 6.42 Å². The molecule has 1 aliphatic carbocycles. The molecular formula is C17H26O2. The number of aliphatic hydroxyl groups excluding tert-OH is 1. The fourth-order valence-electron chi connectivity index (χ4n) is 3.09. The van der Waals surface area contributed by atoms with Gasteiger partial charge in [0.05, 0.1) is 11.7 Å². The van der Waals surface area contributed by atoms with E-state index >= 15 is 0 Å². The van der Waals surface area contributed by atoms with E-state index < -0.39 is 11.7 Å². The van der Waals surface area contributed by atoms with Crippen molar-refractivity contribution in [1.29, 1.82) is 0 Å². The van der Waals surface area contributed by atoms with E-state index in [0.717, 1.165) is 38.5 Å². The monoisotopic (exact) mass is 262 g/mol. The van der Waals surface area contributed by atoms with E-state index in [9.17, 15) is 10.2 Å². The van der Waals surface area contributed by atoms with E-state index in [4.69, 9.17) is 0 Å². The molecule has 0 spiro atoms. The van der Waals surface area contributed by atoms with Crippen LogP contribution in [0.1, 0.15) is 56.9 Å². The van der Waals surface area contributed by atoms with Crippen LogP contribution < -0.4 is 0 Å². The molecule has 2 N–H and O–H groups in total. The summed E-state index contributed by atoms with van der Waals surface area (Å²) in [7, 11) is 0. The van der Waals surface area contributed by atoms with Gasteiger partial charge in [-0.25, -0.2) is 0 Å². The average Bonchev–Trinajstić information content (AvgIpc) is 2.66. The van der Waals surface area contributed by atoms with Crippen molar-refractivity contribution in [3.63, 3.8) is 0 Å². The lowest BCUT2D eigenvalue weighted by Gasteiger charge is -2.32. The van der Waals surface area contributed by atoms with Gasteiger partial charge in [0.1, 0.15) is 0 Å². The molecule has 1 aliphatic rings. The zero-order valence-electron chi connectivity index (χ0n) is 11.7. The van der Waals surface area contributed by atoms with Crippen LogP contribution >= 0.6 is 0 Å². The minimum Gasteiger partial charge on any atom is -0.390 e. The molecule has 0 heterocycles. The standard InChI is InChI=1S/C17H26O2/c18-16(17(19)13-6-1-2-7-14-17)12-8-11-15-9-4-3-5-10-15/h3-5,9-10,16,18-19H,1-2,6-8,11-14H2. The van der Waals surface area contributed by atoms with E-state index in [-0.39, 0.29) is 0 Å². The third-order valence-electron chi connectivity index (χ3n) is 4.38. The molecule has 1 fully saturated rings. The zero-order chi connectivity index (χ0) is 13.6. The Bertz CT molecular complexity index is 353. The largest absolute Gasteiger partial charge is 0.390 e. The smallest absolute Gasteiger partial charge is 0.0905 e. The van der Waals surface area contributed by atoms with Crippen LogP contribution in [0, 0.1) is 0 Å². The van der Waals surface area contributed by atoms with Crippen LogP contribution in [0.2, 0.25) is 0 Å². The van der Waals surface area contributed by atoms with Crippen molar-refractivity contribution in [1.82, 2.24) is 0 Å². The molecule has 0 radical (unpaired) electrons. The van der Waals surface area contributed by atoms with Crippen LogP contribution in [0.15, 0.2) is 30.3 Å². The van der Waals surface area contributed by atoms with Crippen molar-refractivity contribution in [2.75, 3.05) is 0 Å². The first kappa shape index (κ1) is 14.5. The normalized spacial score (nSPS) is 20.7. The Balaban J connectivity index is 1.78. The molecule has 19 heavy (non-hydrogen) atoms. The summed E-state index contributed by atoms with van der Waals surface area (Å²) in [5, 5.41) is 20.9. The van der Waals surface area contributed by atoms with Gasteiger partial charge in [0.25, 0.3) is 0 Å². The highest BCUT2D eigenvalue weighted by molar-refractivity contribution is 5.14. The lowest BCUT2D eigenvalue weighted by atomic mass is 9.85. The van der Waals surface area contributed by atoms with Crippen molar-refractivity contribution >= 4 is 0 Å². The van der Waals surface area contributed by atoms with Gasteiger partial charge in [-0.2, -0.15) is 0 Å². The van der Waals surface area contributed by atoms with Gasteiger partial charge in [-0.15, -0.1) is 0 Å². The molecule has 0 saturated heterocycles. The van der Waals surface area contributed by atoms with Crippen LogP contribution in [0.4, 0.5) is 0 Å². The number of benzene rings is 1. The van der Waals surface area contributed by atoms with Gasteiger partial charge in [-0.1, -0.05) is 56.0 Å². The number of hydrogen-bond donors (Lipinski definition) is 2. The van der Waals surface area contributed by atoms with Crippen molar-refractivity contribution < 1.29 is 10.2 Å². The number of hydrogen-bond acceptors (Lipinski definition) is 2. The molecule has 2 heteroatoms. The Hall–Kier alpha value is -0.860. The first-order valence-corrected chi connectivity index (χ1v) is 7.65. The second-order valence-corrected chi connectivity index (χ2v) is 5.91. The Morgan fingerprint density at radius 1 is 1.00 bits per heavy atom. The van der Waals surface area contributed by atoms with Crippen molar-refractivity contribution in [3.8, 4) is 0 Å². The van der Waals surface area contributed by atoms with Crippen molar-refractivity contribution in [2.45, 2.75) is 69.5 Å². The molecule has 1 atom stereocenters. The quantitative estimate of drug-likeness (QED) is 0.798. The zero-order valence-corrected chi connectivity index (χ0v) is 11.7. The summed E-state index contributed by atoms with van der Waals surface area (Å²) in [5.74, 6) is 0. The maximum atomic E-state index is 10.6. The summed E-state index contributed by atoms with van der Waals surface area (Å²) in [4.78, 5) is 0. The molecule has 1 aromatic carbocycles. The van der Waals surface area contributed by atoms with Gasteiger partial charge in [-0.3, -0.25) is 0 Å². The molecule has 0 aromatic heterocycles. The van der Waals surface area contributed by atoms with Gasteiger partial charge in [0, 0.05) is 0 Å². The third kappa shape index (κ3) is 4.32.